The van der Waals surface area contributed by atoms with Crippen LogP contribution in [0.25, 0.3) is 0 Å². The van der Waals surface area contributed by atoms with Gasteiger partial charge >= 0.3 is 0 Å². The third-order valence-electron chi connectivity index (χ3n) is 5.57. The molecule has 24 heavy (non-hydrogen) atoms. The minimum Gasteiger partial charge on any atom is -0.361 e. The fraction of sp³-hybridized carbons (Fsp3) is 0.722. The lowest BCUT2D eigenvalue weighted by atomic mass is 9.96. The average molecular weight is 329 g/mol. The van der Waals surface area contributed by atoms with E-state index in [-0.39, 0.29) is 0 Å². The van der Waals surface area contributed by atoms with Gasteiger partial charge in [-0.15, -0.1) is 10.2 Å². The van der Waals surface area contributed by atoms with Gasteiger partial charge in [-0.25, -0.2) is 0 Å². The number of likely N-dealkylation sites (tertiary alicyclic amines) is 1. The first-order valence-electron chi connectivity index (χ1n) is 9.28. The van der Waals surface area contributed by atoms with Crippen molar-refractivity contribution < 1.29 is 4.52 Å². The first-order chi connectivity index (χ1) is 11.7. The van der Waals surface area contributed by atoms with Gasteiger partial charge in [0.05, 0.1) is 5.69 Å². The highest BCUT2D eigenvalue weighted by Gasteiger charge is 2.28. The zero-order chi connectivity index (χ0) is 16.5. The number of rotatable bonds is 3. The summed E-state index contributed by atoms with van der Waals surface area (Å²) in [5.41, 5.74) is 2.27. The van der Waals surface area contributed by atoms with Crippen LogP contribution in [0, 0.1) is 13.8 Å². The van der Waals surface area contributed by atoms with Crippen molar-refractivity contribution in [1.82, 2.24) is 24.8 Å². The van der Waals surface area contributed by atoms with Crippen LogP contribution < -0.4 is 0 Å². The van der Waals surface area contributed by atoms with Crippen LogP contribution in [0.1, 0.15) is 66.7 Å². The Hall–Kier alpha value is -1.69. The van der Waals surface area contributed by atoms with E-state index < -0.39 is 0 Å². The van der Waals surface area contributed by atoms with E-state index in [1.54, 1.807) is 0 Å². The van der Waals surface area contributed by atoms with Crippen molar-refractivity contribution in [2.75, 3.05) is 13.1 Å². The Balaban J connectivity index is 1.50. The normalized spacial score (nSPS) is 22.3. The SMILES string of the molecule is Cc1noc(C)c1CN1CCCC(c2nnc3n2CCCCC3)C1. The monoisotopic (exact) mass is 329 g/mol. The van der Waals surface area contributed by atoms with Crippen molar-refractivity contribution in [1.29, 1.82) is 0 Å². The van der Waals surface area contributed by atoms with E-state index in [1.165, 1.54) is 49.3 Å². The number of aryl methyl sites for hydroxylation is 3. The summed E-state index contributed by atoms with van der Waals surface area (Å²) >= 11 is 0. The molecule has 1 atom stereocenters. The number of hydrogen-bond donors (Lipinski definition) is 0. The largest absolute Gasteiger partial charge is 0.361 e. The van der Waals surface area contributed by atoms with Crippen molar-refractivity contribution in [2.45, 2.75) is 71.4 Å². The predicted molar refractivity (Wildman–Crippen MR) is 90.8 cm³/mol. The first-order valence-corrected chi connectivity index (χ1v) is 9.28. The number of fused-ring (bicyclic) bond motifs is 1. The van der Waals surface area contributed by atoms with Gasteiger partial charge in [0.25, 0.3) is 0 Å². The summed E-state index contributed by atoms with van der Waals surface area (Å²) in [5, 5.41) is 13.2. The molecule has 6 heteroatoms. The van der Waals surface area contributed by atoms with Crippen molar-refractivity contribution in [3.63, 3.8) is 0 Å². The molecule has 4 rings (SSSR count). The number of aromatic nitrogens is 4. The van der Waals surface area contributed by atoms with Crippen molar-refractivity contribution in [3.8, 4) is 0 Å². The van der Waals surface area contributed by atoms with Crippen LogP contribution in [0.4, 0.5) is 0 Å². The van der Waals surface area contributed by atoms with E-state index in [4.69, 9.17) is 4.52 Å². The van der Waals surface area contributed by atoms with E-state index in [9.17, 15) is 0 Å². The molecule has 2 aromatic rings. The molecular weight excluding hydrogens is 302 g/mol. The van der Waals surface area contributed by atoms with Crippen molar-refractivity contribution in [3.05, 3.63) is 28.7 Å². The second-order valence-electron chi connectivity index (χ2n) is 7.31. The Kier molecular flexibility index (Phi) is 4.39. The standard InChI is InChI=1S/C18H27N5O/c1-13-16(14(2)24-21-13)12-22-9-6-7-15(11-22)18-20-19-17-8-4-3-5-10-23(17)18/h15H,3-12H2,1-2H3. The van der Waals surface area contributed by atoms with E-state index >= 15 is 0 Å². The molecule has 2 aromatic heterocycles. The van der Waals surface area contributed by atoms with E-state index in [2.05, 4.69) is 24.8 Å². The minimum atomic E-state index is 0.499. The fourth-order valence-electron chi connectivity index (χ4n) is 4.17. The topological polar surface area (TPSA) is 60.0 Å². The average Bonchev–Trinajstić information content (AvgIpc) is 3.04. The van der Waals surface area contributed by atoms with Crippen molar-refractivity contribution >= 4 is 0 Å². The highest BCUT2D eigenvalue weighted by Crippen LogP contribution is 2.29. The van der Waals surface area contributed by atoms with Gasteiger partial charge in [0.15, 0.2) is 0 Å². The minimum absolute atomic E-state index is 0.499. The van der Waals surface area contributed by atoms with Gasteiger partial charge in [-0.1, -0.05) is 11.6 Å². The molecule has 130 valence electrons. The highest BCUT2D eigenvalue weighted by molar-refractivity contribution is 5.20. The van der Waals surface area contributed by atoms with Crippen LogP contribution in [0.2, 0.25) is 0 Å². The molecule has 1 fully saturated rings. The Labute approximate surface area is 143 Å². The molecular formula is C18H27N5O. The fourth-order valence-corrected chi connectivity index (χ4v) is 4.17. The van der Waals surface area contributed by atoms with Crippen molar-refractivity contribution in [2.24, 2.45) is 0 Å². The van der Waals surface area contributed by atoms with E-state index in [1.807, 2.05) is 13.8 Å². The van der Waals surface area contributed by atoms with Crippen LogP contribution in [0.15, 0.2) is 4.52 Å². The zero-order valence-corrected chi connectivity index (χ0v) is 14.8. The summed E-state index contributed by atoms with van der Waals surface area (Å²) in [6, 6.07) is 0. The van der Waals surface area contributed by atoms with Crippen LogP contribution in [-0.2, 0) is 19.5 Å². The lowest BCUT2D eigenvalue weighted by Crippen LogP contribution is -2.35. The Morgan fingerprint density at radius 1 is 1.08 bits per heavy atom. The van der Waals surface area contributed by atoms with Gasteiger partial charge in [0, 0.05) is 37.5 Å². The van der Waals surface area contributed by atoms with E-state index in [0.717, 1.165) is 44.1 Å². The lowest BCUT2D eigenvalue weighted by Gasteiger charge is -2.32. The summed E-state index contributed by atoms with van der Waals surface area (Å²) in [4.78, 5) is 2.53. The van der Waals surface area contributed by atoms with Gasteiger partial charge in [-0.3, -0.25) is 4.90 Å². The van der Waals surface area contributed by atoms with Gasteiger partial charge in [-0.2, -0.15) is 0 Å². The molecule has 0 radical (unpaired) electrons. The molecule has 4 heterocycles. The maximum Gasteiger partial charge on any atom is 0.138 e. The molecule has 0 spiro atoms. The lowest BCUT2D eigenvalue weighted by molar-refractivity contribution is 0.193. The zero-order valence-electron chi connectivity index (χ0n) is 14.8. The molecule has 0 saturated carbocycles. The molecule has 0 aliphatic carbocycles. The third-order valence-corrected chi connectivity index (χ3v) is 5.57. The van der Waals surface area contributed by atoms with Crippen LogP contribution >= 0.6 is 0 Å². The first kappa shape index (κ1) is 15.8. The predicted octanol–water partition coefficient (Wildman–Crippen LogP) is 2.99. The summed E-state index contributed by atoms with van der Waals surface area (Å²) in [6.45, 7) is 8.27. The molecule has 2 aliphatic rings. The van der Waals surface area contributed by atoms with Crippen LogP contribution in [-0.4, -0.2) is 37.9 Å². The Morgan fingerprint density at radius 3 is 2.83 bits per heavy atom. The van der Waals surface area contributed by atoms with Crippen LogP contribution in [0.5, 0.6) is 0 Å². The molecule has 6 nitrogen and oxygen atoms in total. The summed E-state index contributed by atoms with van der Waals surface area (Å²) in [6.07, 6.45) is 7.34. The maximum atomic E-state index is 5.32. The van der Waals surface area contributed by atoms with Gasteiger partial charge < -0.3 is 9.09 Å². The second-order valence-corrected chi connectivity index (χ2v) is 7.31. The number of nitrogens with zero attached hydrogens (tertiary/aromatic N) is 5. The van der Waals surface area contributed by atoms with Crippen LogP contribution in [0.3, 0.4) is 0 Å². The summed E-state index contributed by atoms with van der Waals surface area (Å²) in [5.74, 6) is 3.87. The summed E-state index contributed by atoms with van der Waals surface area (Å²) < 4.78 is 7.73. The molecule has 1 unspecified atom stereocenters. The number of piperidine rings is 1. The smallest absolute Gasteiger partial charge is 0.138 e. The second kappa shape index (κ2) is 6.67. The quantitative estimate of drug-likeness (QED) is 0.866. The molecule has 0 bridgehead atoms. The van der Waals surface area contributed by atoms with E-state index in [0.29, 0.717) is 5.92 Å². The Bertz CT molecular complexity index is 685. The molecule has 0 aromatic carbocycles. The third kappa shape index (κ3) is 2.99. The summed E-state index contributed by atoms with van der Waals surface area (Å²) in [7, 11) is 0. The van der Waals surface area contributed by atoms with Gasteiger partial charge in [-0.05, 0) is 46.1 Å². The number of hydrogen-bond acceptors (Lipinski definition) is 5. The molecule has 0 amide bonds. The van der Waals surface area contributed by atoms with Gasteiger partial charge in [0.1, 0.15) is 17.4 Å². The highest BCUT2D eigenvalue weighted by atomic mass is 16.5. The molecule has 1 saturated heterocycles. The maximum absolute atomic E-state index is 5.32. The molecule has 2 aliphatic heterocycles. The Morgan fingerprint density at radius 2 is 2.00 bits per heavy atom. The van der Waals surface area contributed by atoms with Gasteiger partial charge in [0.2, 0.25) is 0 Å². The molecule has 0 N–H and O–H groups in total.